The van der Waals surface area contributed by atoms with Gasteiger partial charge in [-0.1, -0.05) is 30.3 Å². The Balaban J connectivity index is 1.90. The first kappa shape index (κ1) is 19.9. The molecule has 1 aliphatic rings. The molecule has 2 aromatic rings. The lowest BCUT2D eigenvalue weighted by Crippen LogP contribution is -2.57. The van der Waals surface area contributed by atoms with Crippen LogP contribution < -0.4 is 4.74 Å². The van der Waals surface area contributed by atoms with Gasteiger partial charge in [0.15, 0.2) is 0 Å². The fourth-order valence-corrected chi connectivity index (χ4v) is 2.94. The van der Waals surface area contributed by atoms with Gasteiger partial charge in [-0.05, 0) is 42.3 Å². The molecule has 0 aromatic heterocycles. The Kier molecular flexibility index (Phi) is 5.42. The molecule has 0 radical (unpaired) electrons. The van der Waals surface area contributed by atoms with Crippen LogP contribution in [0.1, 0.15) is 24.5 Å². The summed E-state index contributed by atoms with van der Waals surface area (Å²) in [6, 6.07) is 14.6. The average Bonchev–Trinajstić information content (AvgIpc) is 3.02. The number of benzene rings is 2. The van der Waals surface area contributed by atoms with Gasteiger partial charge >= 0.3 is 6.18 Å². The number of alkyl halides is 3. The Morgan fingerprint density at radius 1 is 1.18 bits per heavy atom. The molecule has 5 nitrogen and oxygen atoms in total. The van der Waals surface area contributed by atoms with Crippen LogP contribution in [0.2, 0.25) is 0 Å². The summed E-state index contributed by atoms with van der Waals surface area (Å²) < 4.78 is 46.1. The minimum absolute atomic E-state index is 0.0238. The van der Waals surface area contributed by atoms with Crippen LogP contribution in [0.25, 0.3) is 0 Å². The van der Waals surface area contributed by atoms with E-state index in [-0.39, 0.29) is 17.1 Å². The lowest BCUT2D eigenvalue weighted by molar-refractivity contribution is -0.302. The maximum Gasteiger partial charge on any atom is 0.438 e. The highest BCUT2D eigenvalue weighted by Gasteiger charge is 2.63. The standard InChI is InChI=1S/C20H19F3N2O3/c1-2-28-16-10-8-15(9-11-16)17-13-19(27,20(21,22)23)25(24-17)18(26)12-14-6-4-3-5-7-14/h3-11,27H,2,12-13H2,1H3. The van der Waals surface area contributed by atoms with Crippen molar-refractivity contribution in [3.63, 3.8) is 0 Å². The minimum Gasteiger partial charge on any atom is -0.494 e. The van der Waals surface area contributed by atoms with Crippen LogP contribution in [0.4, 0.5) is 13.2 Å². The maximum absolute atomic E-state index is 13.6. The summed E-state index contributed by atoms with van der Waals surface area (Å²) in [5.74, 6) is -0.375. The zero-order valence-electron chi connectivity index (χ0n) is 15.1. The van der Waals surface area contributed by atoms with Crippen molar-refractivity contribution in [2.24, 2.45) is 5.10 Å². The summed E-state index contributed by atoms with van der Waals surface area (Å²) in [6.07, 6.45) is -6.21. The van der Waals surface area contributed by atoms with Gasteiger partial charge in [0.05, 0.1) is 25.2 Å². The third-order valence-electron chi connectivity index (χ3n) is 4.37. The van der Waals surface area contributed by atoms with Gasteiger partial charge in [0.1, 0.15) is 5.75 Å². The summed E-state index contributed by atoms with van der Waals surface area (Å²) in [6.45, 7) is 2.27. The number of hydrogen-bond acceptors (Lipinski definition) is 4. The first-order valence-corrected chi connectivity index (χ1v) is 8.71. The normalized spacial score (nSPS) is 19.5. The van der Waals surface area contributed by atoms with Crippen molar-refractivity contribution in [3.8, 4) is 5.75 Å². The van der Waals surface area contributed by atoms with E-state index >= 15 is 0 Å². The van der Waals surface area contributed by atoms with Gasteiger partial charge in [-0.25, -0.2) is 0 Å². The Hall–Kier alpha value is -2.87. The van der Waals surface area contributed by atoms with Gasteiger partial charge < -0.3 is 9.84 Å². The molecular weight excluding hydrogens is 373 g/mol. The molecule has 8 heteroatoms. The molecule has 0 aliphatic carbocycles. The molecular formula is C20H19F3N2O3. The smallest absolute Gasteiger partial charge is 0.438 e. The van der Waals surface area contributed by atoms with Crippen molar-refractivity contribution in [1.82, 2.24) is 5.01 Å². The fourth-order valence-electron chi connectivity index (χ4n) is 2.94. The van der Waals surface area contributed by atoms with Crippen molar-refractivity contribution in [2.45, 2.75) is 31.7 Å². The molecule has 148 valence electrons. The van der Waals surface area contributed by atoms with Crippen LogP contribution in [0.5, 0.6) is 5.75 Å². The Morgan fingerprint density at radius 2 is 1.82 bits per heavy atom. The number of nitrogens with zero attached hydrogens (tertiary/aromatic N) is 2. The predicted molar refractivity (Wildman–Crippen MR) is 96.8 cm³/mol. The molecule has 1 heterocycles. The van der Waals surface area contributed by atoms with E-state index in [9.17, 15) is 23.1 Å². The fraction of sp³-hybridized carbons (Fsp3) is 0.300. The van der Waals surface area contributed by atoms with Gasteiger partial charge in [0.2, 0.25) is 5.91 Å². The number of carbonyl (C=O) groups excluding carboxylic acids is 1. The van der Waals surface area contributed by atoms with Gasteiger partial charge in [0.25, 0.3) is 5.72 Å². The molecule has 1 atom stereocenters. The summed E-state index contributed by atoms with van der Waals surface area (Å²) in [5, 5.41) is 14.3. The second-order valence-electron chi connectivity index (χ2n) is 6.36. The average molecular weight is 392 g/mol. The van der Waals surface area contributed by atoms with Crippen molar-refractivity contribution in [2.75, 3.05) is 6.61 Å². The minimum atomic E-state index is -5.06. The molecule has 0 bridgehead atoms. The van der Waals surface area contributed by atoms with E-state index in [1.165, 1.54) is 0 Å². The van der Waals surface area contributed by atoms with Gasteiger partial charge in [-0.3, -0.25) is 4.79 Å². The van der Waals surface area contributed by atoms with Crippen LogP contribution >= 0.6 is 0 Å². The largest absolute Gasteiger partial charge is 0.494 e. The topological polar surface area (TPSA) is 62.1 Å². The molecule has 0 saturated heterocycles. The van der Waals surface area contributed by atoms with Gasteiger partial charge in [-0.15, -0.1) is 0 Å². The van der Waals surface area contributed by atoms with Crippen LogP contribution in [0.15, 0.2) is 59.7 Å². The quantitative estimate of drug-likeness (QED) is 0.847. The summed E-state index contributed by atoms with van der Waals surface area (Å²) in [5.41, 5.74) is -2.50. The second-order valence-corrected chi connectivity index (χ2v) is 6.36. The maximum atomic E-state index is 13.6. The van der Waals surface area contributed by atoms with E-state index in [0.717, 1.165) is 0 Å². The number of ether oxygens (including phenoxy) is 1. The molecule has 0 spiro atoms. The van der Waals surface area contributed by atoms with Crippen molar-refractivity contribution < 1.29 is 27.8 Å². The molecule has 28 heavy (non-hydrogen) atoms. The molecule has 1 N–H and O–H groups in total. The Morgan fingerprint density at radius 3 is 2.39 bits per heavy atom. The lowest BCUT2D eigenvalue weighted by atomic mass is 10.0. The molecule has 0 saturated carbocycles. The van der Waals surface area contributed by atoms with Crippen molar-refractivity contribution >= 4 is 11.6 Å². The number of carbonyl (C=O) groups is 1. The number of hydrogen-bond donors (Lipinski definition) is 1. The Bertz CT molecular complexity index is 867. The highest BCUT2D eigenvalue weighted by atomic mass is 19.4. The van der Waals surface area contributed by atoms with E-state index < -0.39 is 24.2 Å². The van der Waals surface area contributed by atoms with Gasteiger partial charge in [0, 0.05) is 0 Å². The van der Waals surface area contributed by atoms with E-state index in [1.54, 1.807) is 54.6 Å². The van der Waals surface area contributed by atoms with Crippen LogP contribution in [-0.4, -0.2) is 40.2 Å². The van der Waals surface area contributed by atoms with Crippen LogP contribution in [0, 0.1) is 0 Å². The van der Waals surface area contributed by atoms with Crippen LogP contribution in [-0.2, 0) is 11.2 Å². The molecule has 1 amide bonds. The summed E-state index contributed by atoms with van der Waals surface area (Å²) in [7, 11) is 0. The third kappa shape index (κ3) is 3.87. The zero-order chi connectivity index (χ0) is 20.4. The van der Waals surface area contributed by atoms with Crippen molar-refractivity contribution in [1.29, 1.82) is 0 Å². The summed E-state index contributed by atoms with van der Waals surface area (Å²) in [4.78, 5) is 12.5. The van der Waals surface area contributed by atoms with E-state index in [0.29, 0.717) is 23.5 Å². The van der Waals surface area contributed by atoms with Gasteiger partial charge in [-0.2, -0.15) is 23.3 Å². The monoisotopic (exact) mass is 392 g/mol. The number of aliphatic hydroxyl groups is 1. The molecule has 3 rings (SSSR count). The van der Waals surface area contributed by atoms with E-state index in [1.807, 2.05) is 6.92 Å². The Labute approximate surface area is 160 Å². The van der Waals surface area contributed by atoms with Crippen LogP contribution in [0.3, 0.4) is 0 Å². The number of amides is 1. The highest BCUT2D eigenvalue weighted by molar-refractivity contribution is 6.03. The number of rotatable bonds is 5. The molecule has 2 aromatic carbocycles. The lowest BCUT2D eigenvalue weighted by Gasteiger charge is -2.32. The highest BCUT2D eigenvalue weighted by Crippen LogP contribution is 2.41. The molecule has 1 unspecified atom stereocenters. The zero-order valence-corrected chi connectivity index (χ0v) is 15.1. The van der Waals surface area contributed by atoms with Crippen molar-refractivity contribution in [3.05, 3.63) is 65.7 Å². The van der Waals surface area contributed by atoms with E-state index in [4.69, 9.17) is 4.74 Å². The number of halogens is 3. The first-order chi connectivity index (χ1) is 13.2. The predicted octanol–water partition coefficient (Wildman–Crippen LogP) is 3.52. The third-order valence-corrected chi connectivity index (χ3v) is 4.37. The SMILES string of the molecule is CCOc1ccc(C2=NN(C(=O)Cc3ccccc3)C(O)(C(F)(F)F)C2)cc1. The second kappa shape index (κ2) is 7.63. The first-order valence-electron chi connectivity index (χ1n) is 8.71. The molecule has 1 aliphatic heterocycles. The summed E-state index contributed by atoms with van der Waals surface area (Å²) >= 11 is 0. The van der Waals surface area contributed by atoms with E-state index in [2.05, 4.69) is 5.10 Å². The number of hydrazone groups is 1. The molecule has 0 fully saturated rings.